The SMILES string of the molecule is CC12CC3CC(O)(C1)CC(C(N)C(=O)N1C(C#N)CC4CC41)(C3)C2. The smallest absolute Gasteiger partial charge is 0.241 e. The molecule has 1 aliphatic heterocycles. The van der Waals surface area contributed by atoms with Crippen LogP contribution in [0.25, 0.3) is 0 Å². The fourth-order valence-electron chi connectivity index (χ4n) is 7.60. The second kappa shape index (κ2) is 4.34. The maximum Gasteiger partial charge on any atom is 0.241 e. The molecule has 5 heteroatoms. The van der Waals surface area contributed by atoms with E-state index in [2.05, 4.69) is 13.0 Å². The summed E-state index contributed by atoms with van der Waals surface area (Å²) in [6.07, 6.45) is 7.33. The number of nitrogens with zero attached hydrogens (tertiary/aromatic N) is 2. The van der Waals surface area contributed by atoms with E-state index in [1.165, 1.54) is 0 Å². The van der Waals surface area contributed by atoms with Crippen LogP contribution in [0.5, 0.6) is 0 Å². The molecule has 8 atom stereocenters. The van der Waals surface area contributed by atoms with Gasteiger partial charge in [0.2, 0.25) is 5.91 Å². The number of rotatable bonds is 2. The van der Waals surface area contributed by atoms with E-state index in [0.29, 0.717) is 18.3 Å². The molecule has 130 valence electrons. The van der Waals surface area contributed by atoms with Crippen LogP contribution in [0, 0.1) is 34.0 Å². The van der Waals surface area contributed by atoms with Crippen molar-refractivity contribution in [1.29, 1.82) is 5.26 Å². The molecule has 1 saturated heterocycles. The predicted molar refractivity (Wildman–Crippen MR) is 87.4 cm³/mol. The van der Waals surface area contributed by atoms with E-state index < -0.39 is 11.6 Å². The average Bonchev–Trinajstić information content (AvgIpc) is 3.12. The Kier molecular flexibility index (Phi) is 2.74. The number of amides is 1. The third kappa shape index (κ3) is 1.90. The Bertz CT molecular complexity index is 637. The minimum absolute atomic E-state index is 0.0271. The van der Waals surface area contributed by atoms with Crippen LogP contribution >= 0.6 is 0 Å². The van der Waals surface area contributed by atoms with E-state index in [4.69, 9.17) is 5.73 Å². The van der Waals surface area contributed by atoms with Crippen LogP contribution in [0.2, 0.25) is 0 Å². The summed E-state index contributed by atoms with van der Waals surface area (Å²) in [5.74, 6) is 0.985. The molecule has 0 aromatic carbocycles. The van der Waals surface area contributed by atoms with E-state index in [9.17, 15) is 15.2 Å². The third-order valence-corrected chi connectivity index (χ3v) is 7.79. The minimum atomic E-state index is -0.631. The molecular weight excluding hydrogens is 302 g/mol. The highest BCUT2D eigenvalue weighted by molar-refractivity contribution is 5.84. The van der Waals surface area contributed by atoms with Gasteiger partial charge < -0.3 is 15.7 Å². The molecule has 4 bridgehead atoms. The van der Waals surface area contributed by atoms with Crippen molar-refractivity contribution in [3.8, 4) is 6.07 Å². The number of fused-ring (bicyclic) bond motifs is 1. The van der Waals surface area contributed by atoms with Crippen LogP contribution in [0.3, 0.4) is 0 Å². The number of nitrogens with two attached hydrogens (primary N) is 1. The van der Waals surface area contributed by atoms with E-state index in [1.807, 2.05) is 0 Å². The van der Waals surface area contributed by atoms with Crippen molar-refractivity contribution < 1.29 is 9.90 Å². The molecule has 5 nitrogen and oxygen atoms in total. The van der Waals surface area contributed by atoms with Gasteiger partial charge in [-0.3, -0.25) is 4.79 Å². The molecule has 5 saturated carbocycles. The molecule has 6 aliphatic rings. The lowest BCUT2D eigenvalue weighted by Gasteiger charge is -2.65. The van der Waals surface area contributed by atoms with E-state index >= 15 is 0 Å². The highest BCUT2D eigenvalue weighted by Crippen LogP contribution is 2.67. The third-order valence-electron chi connectivity index (χ3n) is 7.79. The Morgan fingerprint density at radius 3 is 2.75 bits per heavy atom. The zero-order chi connectivity index (χ0) is 16.9. The molecule has 3 N–H and O–H groups in total. The summed E-state index contributed by atoms with van der Waals surface area (Å²) in [4.78, 5) is 15.1. The standard InChI is InChI=1S/C19H27N3O2/c1-17-4-11-5-18(8-17,10-19(24,6-11)9-17)15(21)16(23)22-13(7-20)2-12-3-14(12)22/h11-15,24H,2-6,8-10,21H2,1H3. The number of aliphatic hydroxyl groups is 1. The molecule has 0 aromatic heterocycles. The van der Waals surface area contributed by atoms with Gasteiger partial charge in [-0.05, 0) is 74.0 Å². The molecule has 0 radical (unpaired) electrons. The fraction of sp³-hybridized carbons (Fsp3) is 0.895. The summed E-state index contributed by atoms with van der Waals surface area (Å²) in [6, 6.07) is 1.69. The summed E-state index contributed by atoms with van der Waals surface area (Å²) >= 11 is 0. The Morgan fingerprint density at radius 1 is 1.29 bits per heavy atom. The highest BCUT2D eigenvalue weighted by atomic mass is 16.3. The van der Waals surface area contributed by atoms with Gasteiger partial charge in [-0.25, -0.2) is 0 Å². The van der Waals surface area contributed by atoms with Gasteiger partial charge in [-0.2, -0.15) is 5.26 Å². The molecular formula is C19H27N3O2. The predicted octanol–water partition coefficient (Wildman–Crippen LogP) is 1.55. The van der Waals surface area contributed by atoms with E-state index in [-0.39, 0.29) is 28.8 Å². The van der Waals surface area contributed by atoms with Crippen molar-refractivity contribution in [2.45, 2.75) is 82.0 Å². The second-order valence-electron chi connectivity index (χ2n) is 10.1. The Morgan fingerprint density at radius 2 is 2.08 bits per heavy atom. The Balaban J connectivity index is 1.45. The normalized spacial score (nSPS) is 55.2. The zero-order valence-electron chi connectivity index (χ0n) is 14.4. The van der Waals surface area contributed by atoms with Gasteiger partial charge in [0.1, 0.15) is 6.04 Å². The van der Waals surface area contributed by atoms with Gasteiger partial charge in [0.15, 0.2) is 0 Å². The van der Waals surface area contributed by atoms with Crippen molar-refractivity contribution in [2.75, 3.05) is 0 Å². The molecule has 6 fully saturated rings. The van der Waals surface area contributed by atoms with Crippen molar-refractivity contribution >= 4 is 5.91 Å². The first-order chi connectivity index (χ1) is 11.3. The lowest BCUT2D eigenvalue weighted by molar-refractivity contribution is -0.203. The first-order valence-corrected chi connectivity index (χ1v) is 9.46. The Labute approximate surface area is 143 Å². The minimum Gasteiger partial charge on any atom is -0.390 e. The lowest BCUT2D eigenvalue weighted by atomic mass is 9.41. The molecule has 6 rings (SSSR count). The first-order valence-electron chi connectivity index (χ1n) is 9.46. The van der Waals surface area contributed by atoms with Crippen LogP contribution in [-0.4, -0.2) is 39.6 Å². The monoisotopic (exact) mass is 329 g/mol. The number of piperidine rings is 1. The fourth-order valence-corrected chi connectivity index (χ4v) is 7.60. The number of carbonyl (C=O) groups excluding carboxylic acids is 1. The Hall–Kier alpha value is -1.12. The second-order valence-corrected chi connectivity index (χ2v) is 10.1. The van der Waals surface area contributed by atoms with Crippen LogP contribution < -0.4 is 5.73 Å². The summed E-state index contributed by atoms with van der Waals surface area (Å²) in [6.45, 7) is 2.26. The van der Waals surface area contributed by atoms with Crippen molar-refractivity contribution in [2.24, 2.45) is 28.4 Å². The van der Waals surface area contributed by atoms with Gasteiger partial charge in [0.25, 0.3) is 0 Å². The zero-order valence-corrected chi connectivity index (χ0v) is 14.4. The summed E-state index contributed by atoms with van der Waals surface area (Å²) in [5.41, 5.74) is 5.82. The summed E-state index contributed by atoms with van der Waals surface area (Å²) in [5, 5.41) is 20.5. The molecule has 0 spiro atoms. The lowest BCUT2D eigenvalue weighted by Crippen LogP contribution is -2.67. The maximum atomic E-state index is 13.2. The van der Waals surface area contributed by atoms with Crippen LogP contribution in [0.1, 0.15) is 58.3 Å². The number of hydrogen-bond acceptors (Lipinski definition) is 4. The van der Waals surface area contributed by atoms with Crippen LogP contribution in [0.15, 0.2) is 0 Å². The van der Waals surface area contributed by atoms with Gasteiger partial charge in [-0.1, -0.05) is 6.92 Å². The summed E-state index contributed by atoms with van der Waals surface area (Å²) in [7, 11) is 0. The number of nitriles is 1. The van der Waals surface area contributed by atoms with Crippen LogP contribution in [-0.2, 0) is 4.79 Å². The van der Waals surface area contributed by atoms with Crippen molar-refractivity contribution in [3.63, 3.8) is 0 Å². The van der Waals surface area contributed by atoms with E-state index in [1.54, 1.807) is 4.90 Å². The number of carbonyl (C=O) groups is 1. The van der Waals surface area contributed by atoms with Gasteiger partial charge in [0, 0.05) is 6.04 Å². The van der Waals surface area contributed by atoms with Gasteiger partial charge in [0.05, 0.1) is 17.7 Å². The summed E-state index contributed by atoms with van der Waals surface area (Å²) < 4.78 is 0. The number of likely N-dealkylation sites (tertiary alicyclic amines) is 1. The van der Waals surface area contributed by atoms with Gasteiger partial charge >= 0.3 is 0 Å². The molecule has 8 unspecified atom stereocenters. The molecule has 24 heavy (non-hydrogen) atoms. The van der Waals surface area contributed by atoms with Crippen molar-refractivity contribution in [1.82, 2.24) is 4.90 Å². The molecule has 5 aliphatic carbocycles. The van der Waals surface area contributed by atoms with Crippen LogP contribution in [0.4, 0.5) is 0 Å². The van der Waals surface area contributed by atoms with Crippen molar-refractivity contribution in [3.05, 3.63) is 0 Å². The molecule has 1 heterocycles. The molecule has 1 amide bonds. The largest absolute Gasteiger partial charge is 0.390 e. The quantitative estimate of drug-likeness (QED) is 0.804. The average molecular weight is 329 g/mol. The van der Waals surface area contributed by atoms with E-state index in [0.717, 1.165) is 44.9 Å². The topological polar surface area (TPSA) is 90.3 Å². The maximum absolute atomic E-state index is 13.2. The highest BCUT2D eigenvalue weighted by Gasteiger charge is 2.65. The van der Waals surface area contributed by atoms with Gasteiger partial charge in [-0.15, -0.1) is 0 Å². The molecule has 0 aromatic rings. The number of hydrogen-bond donors (Lipinski definition) is 2. The first kappa shape index (κ1) is 15.2.